The SMILES string of the molecule is C=C(C)[C@@H]1C(=C)[C@H](OC(=O)C(C)CC)C=C[C@@H]1O. The van der Waals surface area contributed by atoms with Gasteiger partial charge >= 0.3 is 5.97 Å². The van der Waals surface area contributed by atoms with Gasteiger partial charge in [-0.3, -0.25) is 4.79 Å². The fraction of sp³-hybridized carbons (Fsp3) is 0.533. The molecule has 1 unspecified atom stereocenters. The summed E-state index contributed by atoms with van der Waals surface area (Å²) in [5, 5.41) is 9.87. The Kier molecular flexibility index (Phi) is 4.91. The van der Waals surface area contributed by atoms with Crippen LogP contribution in [0.15, 0.2) is 36.5 Å². The minimum absolute atomic E-state index is 0.124. The molecule has 1 aliphatic carbocycles. The highest BCUT2D eigenvalue weighted by atomic mass is 16.5. The number of ether oxygens (including phenoxy) is 1. The molecular formula is C15H22O3. The maximum Gasteiger partial charge on any atom is 0.309 e. The molecule has 1 aliphatic rings. The van der Waals surface area contributed by atoms with E-state index in [0.29, 0.717) is 5.57 Å². The minimum atomic E-state index is -0.631. The van der Waals surface area contributed by atoms with Gasteiger partial charge in [0.2, 0.25) is 0 Å². The maximum absolute atomic E-state index is 11.8. The van der Waals surface area contributed by atoms with E-state index in [1.54, 1.807) is 12.2 Å². The number of rotatable bonds is 4. The molecule has 1 rings (SSSR count). The lowest BCUT2D eigenvalue weighted by molar-refractivity contribution is -0.150. The van der Waals surface area contributed by atoms with Crippen molar-refractivity contribution in [3.8, 4) is 0 Å². The second-order valence-corrected chi connectivity index (χ2v) is 4.94. The molecule has 3 nitrogen and oxygen atoms in total. The molecule has 0 aromatic carbocycles. The number of hydrogen-bond acceptors (Lipinski definition) is 3. The van der Waals surface area contributed by atoms with E-state index in [1.165, 1.54) is 0 Å². The standard InChI is InChI=1S/C15H22O3/c1-6-10(4)15(17)18-13-8-7-12(16)14(9(2)3)11(13)5/h7-8,10,12-14,16H,2,5-6H2,1,3-4H3/t10?,12-,13+,14+/m0/s1. The Morgan fingerprint density at radius 3 is 2.67 bits per heavy atom. The predicted molar refractivity (Wildman–Crippen MR) is 71.9 cm³/mol. The van der Waals surface area contributed by atoms with Gasteiger partial charge in [0.05, 0.1) is 12.0 Å². The Labute approximate surface area is 109 Å². The third-order valence-corrected chi connectivity index (χ3v) is 3.38. The van der Waals surface area contributed by atoms with Crippen LogP contribution in [-0.4, -0.2) is 23.3 Å². The average molecular weight is 250 g/mol. The molecule has 0 radical (unpaired) electrons. The van der Waals surface area contributed by atoms with E-state index in [0.717, 1.165) is 12.0 Å². The number of esters is 1. The highest BCUT2D eigenvalue weighted by Gasteiger charge is 2.31. The summed E-state index contributed by atoms with van der Waals surface area (Å²) in [6, 6.07) is 0. The fourth-order valence-corrected chi connectivity index (χ4v) is 1.98. The number of hydrogen-bond donors (Lipinski definition) is 1. The van der Waals surface area contributed by atoms with Crippen molar-refractivity contribution in [2.75, 3.05) is 0 Å². The molecule has 18 heavy (non-hydrogen) atoms. The van der Waals surface area contributed by atoms with Gasteiger partial charge in [-0.25, -0.2) is 0 Å². The van der Waals surface area contributed by atoms with Crippen LogP contribution < -0.4 is 0 Å². The summed E-state index contributed by atoms with van der Waals surface area (Å²) in [6.07, 6.45) is 2.98. The minimum Gasteiger partial charge on any atom is -0.453 e. The molecule has 3 heteroatoms. The first-order valence-corrected chi connectivity index (χ1v) is 6.29. The third-order valence-electron chi connectivity index (χ3n) is 3.38. The highest BCUT2D eigenvalue weighted by Crippen LogP contribution is 2.31. The van der Waals surface area contributed by atoms with Gasteiger partial charge in [-0.2, -0.15) is 0 Å². The van der Waals surface area contributed by atoms with Crippen LogP contribution in [0.3, 0.4) is 0 Å². The topological polar surface area (TPSA) is 46.5 Å². The zero-order valence-corrected chi connectivity index (χ0v) is 11.3. The van der Waals surface area contributed by atoms with Crippen LogP contribution in [-0.2, 0) is 9.53 Å². The Morgan fingerprint density at radius 1 is 1.56 bits per heavy atom. The monoisotopic (exact) mass is 250 g/mol. The Hall–Kier alpha value is -1.35. The molecule has 0 heterocycles. The van der Waals surface area contributed by atoms with Crippen molar-refractivity contribution in [3.05, 3.63) is 36.5 Å². The summed E-state index contributed by atoms with van der Waals surface area (Å²) in [4.78, 5) is 11.8. The van der Waals surface area contributed by atoms with Crippen LogP contribution >= 0.6 is 0 Å². The molecular weight excluding hydrogens is 228 g/mol. The van der Waals surface area contributed by atoms with Crippen LogP contribution in [0.2, 0.25) is 0 Å². The first kappa shape index (κ1) is 14.7. The zero-order valence-electron chi connectivity index (χ0n) is 11.3. The van der Waals surface area contributed by atoms with Crippen LogP contribution in [0.4, 0.5) is 0 Å². The van der Waals surface area contributed by atoms with Crippen molar-refractivity contribution in [3.63, 3.8) is 0 Å². The van der Waals surface area contributed by atoms with Crippen molar-refractivity contribution >= 4 is 5.97 Å². The summed E-state index contributed by atoms with van der Waals surface area (Å²) in [5.41, 5.74) is 1.51. The average Bonchev–Trinajstić information content (AvgIpc) is 2.31. The molecule has 100 valence electrons. The summed E-state index contributed by atoms with van der Waals surface area (Å²) >= 11 is 0. The molecule has 1 N–H and O–H groups in total. The van der Waals surface area contributed by atoms with Crippen molar-refractivity contribution in [1.82, 2.24) is 0 Å². The smallest absolute Gasteiger partial charge is 0.309 e. The Morgan fingerprint density at radius 2 is 2.17 bits per heavy atom. The molecule has 4 atom stereocenters. The van der Waals surface area contributed by atoms with Crippen molar-refractivity contribution in [2.45, 2.75) is 39.4 Å². The fourth-order valence-electron chi connectivity index (χ4n) is 1.98. The highest BCUT2D eigenvalue weighted by molar-refractivity contribution is 5.72. The summed E-state index contributed by atoms with van der Waals surface area (Å²) in [6.45, 7) is 13.4. The first-order valence-electron chi connectivity index (χ1n) is 6.29. The maximum atomic E-state index is 11.8. The van der Waals surface area contributed by atoms with Gasteiger partial charge in [0.15, 0.2) is 0 Å². The van der Waals surface area contributed by atoms with Crippen molar-refractivity contribution < 1.29 is 14.6 Å². The Bertz CT molecular complexity index is 381. The van der Waals surface area contributed by atoms with Gasteiger partial charge in [-0.15, -0.1) is 0 Å². The molecule has 0 fully saturated rings. The van der Waals surface area contributed by atoms with Gasteiger partial charge < -0.3 is 9.84 Å². The van der Waals surface area contributed by atoms with Crippen LogP contribution in [0, 0.1) is 11.8 Å². The van der Waals surface area contributed by atoms with Crippen LogP contribution in [0.5, 0.6) is 0 Å². The lowest BCUT2D eigenvalue weighted by atomic mass is 9.81. The van der Waals surface area contributed by atoms with E-state index in [2.05, 4.69) is 13.2 Å². The van der Waals surface area contributed by atoms with Gasteiger partial charge in [-0.1, -0.05) is 38.7 Å². The number of carbonyl (C=O) groups is 1. The normalized spacial score (nSPS) is 28.9. The molecule has 0 bridgehead atoms. The lowest BCUT2D eigenvalue weighted by Gasteiger charge is -2.32. The first-order chi connectivity index (χ1) is 8.38. The molecule has 0 saturated carbocycles. The van der Waals surface area contributed by atoms with Crippen LogP contribution in [0.25, 0.3) is 0 Å². The summed E-state index contributed by atoms with van der Waals surface area (Å²) in [7, 11) is 0. The number of aliphatic hydroxyl groups is 1. The second-order valence-electron chi connectivity index (χ2n) is 4.94. The van der Waals surface area contributed by atoms with E-state index in [4.69, 9.17) is 4.74 Å². The third kappa shape index (κ3) is 3.10. The van der Waals surface area contributed by atoms with Gasteiger partial charge in [-0.05, 0) is 25.0 Å². The molecule has 0 spiro atoms. The lowest BCUT2D eigenvalue weighted by Crippen LogP contribution is -2.34. The predicted octanol–water partition coefficient (Wildman–Crippen LogP) is 2.62. The molecule has 0 aromatic heterocycles. The quantitative estimate of drug-likeness (QED) is 0.616. The van der Waals surface area contributed by atoms with Crippen molar-refractivity contribution in [1.29, 1.82) is 0 Å². The number of carbonyl (C=O) groups excluding carboxylic acids is 1. The van der Waals surface area contributed by atoms with Gasteiger partial charge in [0.25, 0.3) is 0 Å². The summed E-state index contributed by atoms with van der Waals surface area (Å²) < 4.78 is 5.41. The Balaban J connectivity index is 2.80. The summed E-state index contributed by atoms with van der Waals surface area (Å²) in [5.74, 6) is -0.601. The second kappa shape index (κ2) is 6.01. The van der Waals surface area contributed by atoms with E-state index >= 15 is 0 Å². The zero-order chi connectivity index (χ0) is 13.9. The number of aliphatic hydroxyl groups excluding tert-OH is 1. The van der Waals surface area contributed by atoms with E-state index < -0.39 is 12.2 Å². The van der Waals surface area contributed by atoms with E-state index in [9.17, 15) is 9.90 Å². The van der Waals surface area contributed by atoms with Crippen LogP contribution in [0.1, 0.15) is 27.2 Å². The van der Waals surface area contributed by atoms with Gasteiger partial charge in [0, 0.05) is 5.92 Å². The molecule has 0 aromatic rings. The van der Waals surface area contributed by atoms with E-state index in [-0.39, 0.29) is 17.8 Å². The largest absolute Gasteiger partial charge is 0.453 e. The van der Waals surface area contributed by atoms with Crippen molar-refractivity contribution in [2.24, 2.45) is 11.8 Å². The molecule has 0 aliphatic heterocycles. The van der Waals surface area contributed by atoms with E-state index in [1.807, 2.05) is 20.8 Å². The molecule has 0 saturated heterocycles. The molecule has 0 amide bonds. The van der Waals surface area contributed by atoms with Gasteiger partial charge in [0.1, 0.15) is 6.10 Å².